The molecule has 1 saturated heterocycles. The molecule has 0 radical (unpaired) electrons. The maximum absolute atomic E-state index is 12.0. The van der Waals surface area contributed by atoms with Crippen LogP contribution in [0.25, 0.3) is 0 Å². The molecule has 104 valence electrons. The first-order chi connectivity index (χ1) is 8.24. The van der Waals surface area contributed by atoms with Crippen molar-refractivity contribution in [1.82, 2.24) is 4.90 Å². The highest BCUT2D eigenvalue weighted by atomic mass is 16.6. The van der Waals surface area contributed by atoms with Gasteiger partial charge in [0.2, 0.25) is 0 Å². The number of ketones is 1. The highest BCUT2D eigenvalue weighted by molar-refractivity contribution is 5.87. The quantitative estimate of drug-likeness (QED) is 0.810. The van der Waals surface area contributed by atoms with E-state index in [1.807, 2.05) is 27.7 Å². The molecule has 1 heterocycles. The molecule has 5 heteroatoms. The van der Waals surface area contributed by atoms with Gasteiger partial charge >= 0.3 is 6.09 Å². The summed E-state index contributed by atoms with van der Waals surface area (Å²) < 4.78 is 5.26. The summed E-state index contributed by atoms with van der Waals surface area (Å²) in [6, 6.07) is 0. The first-order valence-electron chi connectivity index (χ1n) is 6.45. The molecule has 1 fully saturated rings. The topological polar surface area (TPSA) is 72.6 Å². The molecular formula is C13H24N2O3. The third kappa shape index (κ3) is 3.98. The average molecular weight is 256 g/mol. The number of nitrogens with zero attached hydrogens (tertiary/aromatic N) is 1. The molecule has 1 amide bonds. The number of hydrogen-bond acceptors (Lipinski definition) is 4. The predicted octanol–water partition coefficient (Wildman–Crippen LogP) is 1.41. The number of nitrogens with two attached hydrogens (primary N) is 1. The van der Waals surface area contributed by atoms with E-state index < -0.39 is 11.7 Å². The maximum atomic E-state index is 12.0. The summed E-state index contributed by atoms with van der Waals surface area (Å²) in [7, 11) is 0. The third-order valence-electron chi connectivity index (χ3n) is 3.18. The van der Waals surface area contributed by atoms with E-state index in [9.17, 15) is 9.59 Å². The Morgan fingerprint density at radius 2 is 2.17 bits per heavy atom. The van der Waals surface area contributed by atoms with Crippen LogP contribution in [0.1, 0.15) is 34.1 Å². The summed E-state index contributed by atoms with van der Waals surface area (Å²) in [6.07, 6.45) is 0.269. The Morgan fingerprint density at radius 1 is 1.56 bits per heavy atom. The van der Waals surface area contributed by atoms with Crippen LogP contribution in [-0.2, 0) is 9.53 Å². The van der Waals surface area contributed by atoms with Gasteiger partial charge < -0.3 is 15.4 Å². The molecule has 2 unspecified atom stereocenters. The van der Waals surface area contributed by atoms with Crippen molar-refractivity contribution >= 4 is 11.9 Å². The summed E-state index contributed by atoms with van der Waals surface area (Å²) in [5.74, 6) is 0.247. The summed E-state index contributed by atoms with van der Waals surface area (Å²) >= 11 is 0. The van der Waals surface area contributed by atoms with E-state index in [2.05, 4.69) is 0 Å². The van der Waals surface area contributed by atoms with Crippen LogP contribution < -0.4 is 5.73 Å². The Balaban J connectivity index is 2.56. The van der Waals surface area contributed by atoms with Gasteiger partial charge in [-0.05, 0) is 39.7 Å². The van der Waals surface area contributed by atoms with Crippen LogP contribution in [0.2, 0.25) is 0 Å². The number of piperidine rings is 1. The largest absolute Gasteiger partial charge is 0.444 e. The van der Waals surface area contributed by atoms with Gasteiger partial charge in [-0.1, -0.05) is 6.92 Å². The number of likely N-dealkylation sites (tertiary alicyclic amines) is 1. The first-order valence-corrected chi connectivity index (χ1v) is 6.45. The predicted molar refractivity (Wildman–Crippen MR) is 69.1 cm³/mol. The molecular weight excluding hydrogens is 232 g/mol. The van der Waals surface area contributed by atoms with Gasteiger partial charge in [0.25, 0.3) is 0 Å². The number of hydrogen-bond donors (Lipinski definition) is 1. The monoisotopic (exact) mass is 256 g/mol. The van der Waals surface area contributed by atoms with E-state index in [4.69, 9.17) is 10.5 Å². The van der Waals surface area contributed by atoms with Gasteiger partial charge in [0.15, 0.2) is 5.78 Å². The van der Waals surface area contributed by atoms with E-state index in [0.717, 1.165) is 0 Å². The number of carbonyl (C=O) groups is 2. The molecule has 1 aliphatic heterocycles. The molecule has 0 aliphatic carbocycles. The van der Waals surface area contributed by atoms with Crippen LogP contribution in [0.15, 0.2) is 0 Å². The fourth-order valence-corrected chi connectivity index (χ4v) is 2.09. The molecule has 1 rings (SSSR count). The molecule has 1 aliphatic rings. The normalized spacial score (nSPS) is 22.8. The highest BCUT2D eigenvalue weighted by Gasteiger charge is 2.34. The smallest absolute Gasteiger partial charge is 0.410 e. The lowest BCUT2D eigenvalue weighted by Gasteiger charge is -2.34. The van der Waals surface area contributed by atoms with Gasteiger partial charge in [-0.25, -0.2) is 4.79 Å². The zero-order valence-electron chi connectivity index (χ0n) is 11.7. The zero-order chi connectivity index (χ0) is 13.9. The number of ether oxygens (including phenoxy) is 1. The van der Waals surface area contributed by atoms with Crippen LogP contribution in [0, 0.1) is 11.8 Å². The lowest BCUT2D eigenvalue weighted by atomic mass is 9.84. The van der Waals surface area contributed by atoms with Gasteiger partial charge in [-0.3, -0.25) is 4.79 Å². The minimum Gasteiger partial charge on any atom is -0.444 e. The summed E-state index contributed by atoms with van der Waals surface area (Å²) in [6.45, 7) is 8.63. The van der Waals surface area contributed by atoms with Crippen LogP contribution in [0.4, 0.5) is 4.79 Å². The lowest BCUT2D eigenvalue weighted by molar-refractivity contribution is -0.128. The molecule has 2 N–H and O–H groups in total. The van der Waals surface area contributed by atoms with Crippen molar-refractivity contribution < 1.29 is 14.3 Å². The van der Waals surface area contributed by atoms with Crippen LogP contribution >= 0.6 is 0 Å². The number of amides is 1. The third-order valence-corrected chi connectivity index (χ3v) is 3.18. The Kier molecular flexibility index (Phi) is 4.73. The molecule has 2 atom stereocenters. The summed E-state index contributed by atoms with van der Waals surface area (Å²) in [5.41, 5.74) is 5.06. The molecule has 18 heavy (non-hydrogen) atoms. The maximum Gasteiger partial charge on any atom is 0.410 e. The fourth-order valence-electron chi connectivity index (χ4n) is 2.09. The molecule has 0 spiro atoms. The number of rotatable bonds is 2. The van der Waals surface area contributed by atoms with E-state index in [0.29, 0.717) is 19.5 Å². The minimum atomic E-state index is -0.526. The molecule has 0 bridgehead atoms. The van der Waals surface area contributed by atoms with Crippen molar-refractivity contribution in [1.29, 1.82) is 0 Å². The van der Waals surface area contributed by atoms with Crippen LogP contribution in [0.3, 0.4) is 0 Å². The second kappa shape index (κ2) is 5.69. The SMILES string of the molecule is CC(CN)C1CCN(C(=O)OC(C)(C)C)CC1=O. The standard InChI is InChI=1S/C13H24N2O3/c1-9(7-14)10-5-6-15(8-11(10)16)12(17)18-13(2,3)4/h9-10H,5-8,14H2,1-4H3. The summed E-state index contributed by atoms with van der Waals surface area (Å²) in [5, 5.41) is 0. The Hall–Kier alpha value is -1.10. The van der Waals surface area contributed by atoms with Gasteiger partial charge in [0, 0.05) is 12.5 Å². The lowest BCUT2D eigenvalue weighted by Crippen LogP contribution is -2.48. The van der Waals surface area contributed by atoms with E-state index >= 15 is 0 Å². The molecule has 0 aromatic rings. The van der Waals surface area contributed by atoms with E-state index in [1.54, 1.807) is 0 Å². The minimum absolute atomic E-state index is 0.0197. The Morgan fingerprint density at radius 3 is 2.61 bits per heavy atom. The van der Waals surface area contributed by atoms with Crippen molar-refractivity contribution in [3.05, 3.63) is 0 Å². The molecule has 0 aromatic carbocycles. The van der Waals surface area contributed by atoms with E-state index in [-0.39, 0.29) is 24.2 Å². The van der Waals surface area contributed by atoms with Gasteiger partial charge in [0.1, 0.15) is 5.60 Å². The first kappa shape index (κ1) is 15.0. The molecule has 5 nitrogen and oxygen atoms in total. The Labute approximate surface area is 109 Å². The van der Waals surface area contributed by atoms with Crippen molar-refractivity contribution in [2.45, 2.75) is 39.7 Å². The molecule has 0 aromatic heterocycles. The van der Waals surface area contributed by atoms with Gasteiger partial charge in [-0.2, -0.15) is 0 Å². The van der Waals surface area contributed by atoms with Crippen molar-refractivity contribution in [2.24, 2.45) is 17.6 Å². The van der Waals surface area contributed by atoms with Gasteiger partial charge in [-0.15, -0.1) is 0 Å². The summed E-state index contributed by atoms with van der Waals surface area (Å²) in [4.78, 5) is 25.3. The highest BCUT2D eigenvalue weighted by Crippen LogP contribution is 2.22. The van der Waals surface area contributed by atoms with Crippen molar-refractivity contribution in [3.63, 3.8) is 0 Å². The van der Waals surface area contributed by atoms with Crippen molar-refractivity contribution in [2.75, 3.05) is 19.6 Å². The second-order valence-corrected chi connectivity index (χ2v) is 5.98. The van der Waals surface area contributed by atoms with Crippen LogP contribution in [-0.4, -0.2) is 42.0 Å². The Bertz CT molecular complexity index is 323. The van der Waals surface area contributed by atoms with Crippen molar-refractivity contribution in [3.8, 4) is 0 Å². The molecule has 0 saturated carbocycles. The second-order valence-electron chi connectivity index (χ2n) is 5.98. The average Bonchev–Trinajstić information content (AvgIpc) is 2.25. The van der Waals surface area contributed by atoms with Gasteiger partial charge in [0.05, 0.1) is 6.54 Å². The number of Topliss-reactive ketones (excluding diaryl/α,β-unsaturated/α-hetero) is 1. The zero-order valence-corrected chi connectivity index (χ0v) is 11.7. The van der Waals surface area contributed by atoms with Crippen LogP contribution in [0.5, 0.6) is 0 Å². The number of carbonyl (C=O) groups excluding carboxylic acids is 2. The van der Waals surface area contributed by atoms with E-state index in [1.165, 1.54) is 4.90 Å². The fraction of sp³-hybridized carbons (Fsp3) is 0.846.